The maximum Gasteiger partial charge on any atom is 0.251 e. The first-order chi connectivity index (χ1) is 21.3. The van der Waals surface area contributed by atoms with E-state index in [2.05, 4.69) is 83.4 Å². The van der Waals surface area contributed by atoms with E-state index in [1.54, 1.807) is 18.0 Å². The molecule has 44 heavy (non-hydrogen) atoms. The van der Waals surface area contributed by atoms with Gasteiger partial charge in [0.1, 0.15) is 5.82 Å². The molecule has 2 aromatic heterocycles. The molecule has 0 spiro atoms. The van der Waals surface area contributed by atoms with Crippen LogP contribution in [0.4, 0.5) is 5.82 Å². The molecule has 4 aromatic rings. The van der Waals surface area contributed by atoms with E-state index in [0.717, 1.165) is 66.4 Å². The van der Waals surface area contributed by atoms with Crippen molar-refractivity contribution in [3.8, 4) is 0 Å². The first-order valence-corrected chi connectivity index (χ1v) is 16.3. The lowest BCUT2D eigenvalue weighted by molar-refractivity contribution is 0.0954. The fraction of sp³-hybridized carbons (Fsp3) is 0.333. The average Bonchev–Trinajstić information content (AvgIpc) is 3.05. The average molecular weight is 607 g/mol. The summed E-state index contributed by atoms with van der Waals surface area (Å²) in [5, 5.41) is 3.78. The van der Waals surface area contributed by atoms with Crippen molar-refractivity contribution >= 4 is 29.6 Å². The first-order valence-electron chi connectivity index (χ1n) is 15.3. The van der Waals surface area contributed by atoms with Crippen molar-refractivity contribution in [3.05, 3.63) is 119 Å². The Kier molecular flexibility index (Phi) is 10.8. The van der Waals surface area contributed by atoms with E-state index < -0.39 is 0 Å². The number of carbonyl (C=O) groups is 1. The third kappa shape index (κ3) is 9.24. The van der Waals surface area contributed by atoms with Crippen LogP contribution < -0.4 is 10.2 Å². The van der Waals surface area contributed by atoms with Crippen molar-refractivity contribution in [1.29, 1.82) is 0 Å². The van der Waals surface area contributed by atoms with Gasteiger partial charge in [0.15, 0.2) is 5.16 Å². The minimum absolute atomic E-state index is 0.0710. The number of anilines is 1. The summed E-state index contributed by atoms with van der Waals surface area (Å²) in [6.45, 7) is 12.0. The van der Waals surface area contributed by atoms with Gasteiger partial charge < -0.3 is 10.2 Å². The summed E-state index contributed by atoms with van der Waals surface area (Å²) < 4.78 is 0. The minimum atomic E-state index is -0.0807. The number of piperazine rings is 1. The minimum Gasteiger partial charge on any atom is -0.354 e. The number of thioether (sulfide) groups is 1. The molecule has 0 aliphatic carbocycles. The Hall–Kier alpha value is -4.01. The molecule has 3 heterocycles. The van der Waals surface area contributed by atoms with Crippen molar-refractivity contribution in [2.24, 2.45) is 0 Å². The second kappa shape index (κ2) is 15.1. The van der Waals surface area contributed by atoms with E-state index in [4.69, 9.17) is 9.97 Å². The largest absolute Gasteiger partial charge is 0.354 e. The Morgan fingerprint density at radius 3 is 2.39 bits per heavy atom. The summed E-state index contributed by atoms with van der Waals surface area (Å²) in [7, 11) is 0. The van der Waals surface area contributed by atoms with E-state index >= 15 is 0 Å². The van der Waals surface area contributed by atoms with Crippen LogP contribution in [0.5, 0.6) is 0 Å². The maximum absolute atomic E-state index is 12.6. The number of hydrogen-bond acceptors (Lipinski definition) is 7. The number of benzene rings is 2. The molecule has 1 aliphatic heterocycles. The van der Waals surface area contributed by atoms with Crippen molar-refractivity contribution in [3.63, 3.8) is 0 Å². The van der Waals surface area contributed by atoms with Crippen LogP contribution >= 0.6 is 11.8 Å². The van der Waals surface area contributed by atoms with E-state index in [1.165, 1.54) is 5.56 Å². The molecule has 2 aromatic carbocycles. The Morgan fingerprint density at radius 1 is 0.932 bits per heavy atom. The highest BCUT2D eigenvalue weighted by Crippen LogP contribution is 2.29. The van der Waals surface area contributed by atoms with Crippen molar-refractivity contribution in [2.75, 3.05) is 44.2 Å². The molecule has 0 unspecified atom stereocenters. The molecule has 1 saturated heterocycles. The third-order valence-corrected chi connectivity index (χ3v) is 8.53. The van der Waals surface area contributed by atoms with Gasteiger partial charge in [-0.15, -0.1) is 0 Å². The van der Waals surface area contributed by atoms with Crippen molar-refractivity contribution < 1.29 is 4.79 Å². The van der Waals surface area contributed by atoms with Gasteiger partial charge in [-0.3, -0.25) is 14.7 Å². The zero-order valence-corrected chi connectivity index (χ0v) is 26.8. The highest BCUT2D eigenvalue weighted by atomic mass is 32.2. The molecule has 1 fully saturated rings. The summed E-state index contributed by atoms with van der Waals surface area (Å²) >= 11 is 1.64. The SMILES string of the molecule is CC(C)(C)c1cc(N2CCN(C/C=C/c3ccccc3)CC2)nc(SCc2ccc(C(=O)NCCc3ccccn3)cc2)n1. The molecule has 5 rings (SSSR count). The highest BCUT2D eigenvalue weighted by Gasteiger charge is 2.23. The van der Waals surface area contributed by atoms with Gasteiger partial charge in [-0.25, -0.2) is 9.97 Å². The molecule has 0 radical (unpaired) electrons. The first kappa shape index (κ1) is 31.4. The lowest BCUT2D eigenvalue weighted by atomic mass is 9.92. The zero-order chi connectivity index (χ0) is 30.8. The second-order valence-corrected chi connectivity index (χ2v) is 13.0. The molecule has 0 bridgehead atoms. The number of carbonyl (C=O) groups excluding carboxylic acids is 1. The maximum atomic E-state index is 12.6. The molecule has 8 heteroatoms. The number of hydrogen-bond donors (Lipinski definition) is 1. The molecule has 0 saturated carbocycles. The van der Waals surface area contributed by atoms with Crippen LogP contribution in [0.2, 0.25) is 0 Å². The van der Waals surface area contributed by atoms with Crippen LogP contribution in [-0.2, 0) is 17.6 Å². The zero-order valence-electron chi connectivity index (χ0n) is 25.9. The van der Waals surface area contributed by atoms with Crippen LogP contribution in [0, 0.1) is 0 Å². The monoisotopic (exact) mass is 606 g/mol. The molecule has 0 atom stereocenters. The molecule has 1 aliphatic rings. The lowest BCUT2D eigenvalue weighted by Gasteiger charge is -2.35. The topological polar surface area (TPSA) is 74.2 Å². The fourth-order valence-electron chi connectivity index (χ4n) is 4.94. The van der Waals surface area contributed by atoms with Gasteiger partial charge in [0, 0.05) is 80.4 Å². The fourth-order valence-corrected chi connectivity index (χ4v) is 5.75. The van der Waals surface area contributed by atoms with E-state index in [0.29, 0.717) is 18.5 Å². The van der Waals surface area contributed by atoms with Gasteiger partial charge in [0.2, 0.25) is 0 Å². The number of amides is 1. The number of nitrogens with zero attached hydrogens (tertiary/aromatic N) is 5. The Bertz CT molecular complexity index is 1510. The van der Waals surface area contributed by atoms with E-state index in [9.17, 15) is 4.79 Å². The van der Waals surface area contributed by atoms with Crippen LogP contribution in [0.3, 0.4) is 0 Å². The Balaban J connectivity index is 1.15. The second-order valence-electron chi connectivity index (χ2n) is 12.1. The molecular formula is C36H42N6OS. The predicted molar refractivity (Wildman–Crippen MR) is 181 cm³/mol. The van der Waals surface area contributed by atoms with Crippen LogP contribution in [0.1, 0.15) is 53.6 Å². The van der Waals surface area contributed by atoms with Gasteiger partial charge in [-0.1, -0.05) is 93.2 Å². The smallest absolute Gasteiger partial charge is 0.251 e. The number of aromatic nitrogens is 3. The molecule has 1 amide bonds. The predicted octanol–water partition coefficient (Wildman–Crippen LogP) is 6.27. The van der Waals surface area contributed by atoms with Crippen molar-refractivity contribution in [2.45, 2.75) is 43.5 Å². The highest BCUT2D eigenvalue weighted by molar-refractivity contribution is 7.98. The molecule has 7 nitrogen and oxygen atoms in total. The quantitative estimate of drug-likeness (QED) is 0.159. The Labute approximate surface area is 265 Å². The standard InChI is InChI=1S/C36H42N6OS/c1-36(2,3)32-26-33(42-24-22-41(23-25-42)21-9-12-28-10-5-4-6-11-28)40-35(39-32)44-27-29-14-16-30(17-15-29)34(43)38-20-18-31-13-7-8-19-37-31/h4-17,19,26H,18,20-25,27H2,1-3H3,(H,38,43)/b12-9+. The number of rotatable bonds is 11. The lowest BCUT2D eigenvalue weighted by Crippen LogP contribution is -2.46. The summed E-state index contributed by atoms with van der Waals surface area (Å²) in [6, 6.07) is 26.2. The normalized spacial score (nSPS) is 14.2. The van der Waals surface area contributed by atoms with E-state index in [-0.39, 0.29) is 11.3 Å². The van der Waals surface area contributed by atoms with Gasteiger partial charge >= 0.3 is 0 Å². The summed E-state index contributed by atoms with van der Waals surface area (Å²) in [6.07, 6.45) is 6.93. The van der Waals surface area contributed by atoms with Crippen LogP contribution in [0.25, 0.3) is 6.08 Å². The molecular weight excluding hydrogens is 565 g/mol. The Morgan fingerprint density at radius 2 is 1.68 bits per heavy atom. The molecule has 228 valence electrons. The number of pyridine rings is 1. The van der Waals surface area contributed by atoms with Gasteiger partial charge in [0.05, 0.1) is 5.69 Å². The summed E-state index contributed by atoms with van der Waals surface area (Å²) in [4.78, 5) is 31.7. The summed E-state index contributed by atoms with van der Waals surface area (Å²) in [5.41, 5.74) is 4.96. The van der Waals surface area contributed by atoms with Gasteiger partial charge in [0.25, 0.3) is 5.91 Å². The van der Waals surface area contributed by atoms with Crippen molar-refractivity contribution in [1.82, 2.24) is 25.2 Å². The van der Waals surface area contributed by atoms with Gasteiger partial charge in [-0.05, 0) is 35.4 Å². The molecule has 1 N–H and O–H groups in total. The van der Waals surface area contributed by atoms with Crippen LogP contribution in [0.15, 0.2) is 96.3 Å². The summed E-state index contributed by atoms with van der Waals surface area (Å²) in [5.74, 6) is 1.67. The van der Waals surface area contributed by atoms with Crippen LogP contribution in [-0.4, -0.2) is 65.0 Å². The van der Waals surface area contributed by atoms with E-state index in [1.807, 2.05) is 48.5 Å². The van der Waals surface area contributed by atoms with Gasteiger partial charge in [-0.2, -0.15) is 0 Å². The third-order valence-electron chi connectivity index (χ3n) is 7.61. The number of nitrogens with one attached hydrogen (secondary N) is 1.